The van der Waals surface area contributed by atoms with E-state index in [0.717, 1.165) is 0 Å². The zero-order valence-corrected chi connectivity index (χ0v) is 8.50. The van der Waals surface area contributed by atoms with Crippen LogP contribution in [0.25, 0.3) is 0 Å². The van der Waals surface area contributed by atoms with Gasteiger partial charge in [-0.1, -0.05) is 23.2 Å². The minimum absolute atomic E-state index is 0.454. The first kappa shape index (κ1) is 9.84. The van der Waals surface area contributed by atoms with Gasteiger partial charge in [0.05, 0.1) is 14.6 Å². The van der Waals surface area contributed by atoms with Crippen LogP contribution in [0.2, 0.25) is 8.67 Å². The van der Waals surface area contributed by atoms with Gasteiger partial charge in [0.2, 0.25) is 0 Å². The molecule has 0 aliphatic heterocycles. The summed E-state index contributed by atoms with van der Waals surface area (Å²) in [5.74, 6) is -1.49. The number of halogens is 2. The first-order valence-electron chi connectivity index (χ1n) is 3.20. The second-order valence-electron chi connectivity index (χ2n) is 2.34. The summed E-state index contributed by atoms with van der Waals surface area (Å²) in [6.45, 7) is 1.58. The van der Waals surface area contributed by atoms with Gasteiger partial charge in [-0.25, -0.2) is 0 Å². The summed E-state index contributed by atoms with van der Waals surface area (Å²) in [6, 6.07) is 1.59. The number of carboxylic acid groups (broad SMARTS) is 1. The van der Waals surface area contributed by atoms with Gasteiger partial charge in [-0.05, 0) is 18.6 Å². The Morgan fingerprint density at radius 3 is 2.58 bits per heavy atom. The first-order chi connectivity index (χ1) is 5.52. The van der Waals surface area contributed by atoms with Crippen LogP contribution in [0, 0.1) is 0 Å². The maximum absolute atomic E-state index is 10.6. The van der Waals surface area contributed by atoms with Crippen molar-refractivity contribution in [1.29, 1.82) is 0 Å². The molecule has 0 radical (unpaired) electrons. The van der Waals surface area contributed by atoms with Gasteiger partial charge in [-0.15, -0.1) is 11.3 Å². The molecule has 0 aromatic carbocycles. The van der Waals surface area contributed by atoms with E-state index in [9.17, 15) is 4.79 Å². The van der Waals surface area contributed by atoms with E-state index in [2.05, 4.69) is 0 Å². The van der Waals surface area contributed by atoms with E-state index in [1.165, 1.54) is 11.3 Å². The van der Waals surface area contributed by atoms with Crippen molar-refractivity contribution >= 4 is 40.5 Å². The lowest BCUT2D eigenvalue weighted by molar-refractivity contribution is -0.138. The van der Waals surface area contributed by atoms with Gasteiger partial charge in [-0.2, -0.15) is 0 Å². The average molecular weight is 225 g/mol. The van der Waals surface area contributed by atoms with E-state index in [4.69, 9.17) is 28.3 Å². The highest BCUT2D eigenvalue weighted by atomic mass is 35.5. The van der Waals surface area contributed by atoms with E-state index < -0.39 is 11.9 Å². The lowest BCUT2D eigenvalue weighted by atomic mass is 10.1. The van der Waals surface area contributed by atoms with Crippen LogP contribution in [-0.2, 0) is 4.79 Å². The van der Waals surface area contributed by atoms with Crippen LogP contribution >= 0.6 is 34.5 Å². The third-order valence-corrected chi connectivity index (χ3v) is 3.04. The lowest BCUT2D eigenvalue weighted by Crippen LogP contribution is -2.06. The van der Waals surface area contributed by atoms with Gasteiger partial charge in [0.1, 0.15) is 0 Å². The van der Waals surface area contributed by atoms with Crippen LogP contribution in [0.1, 0.15) is 18.4 Å². The van der Waals surface area contributed by atoms with E-state index in [1.807, 2.05) is 0 Å². The van der Waals surface area contributed by atoms with Crippen molar-refractivity contribution in [3.8, 4) is 0 Å². The minimum Gasteiger partial charge on any atom is -0.481 e. The number of rotatable bonds is 2. The molecule has 0 saturated heterocycles. The summed E-state index contributed by atoms with van der Waals surface area (Å²) in [5, 5.41) is 8.67. The van der Waals surface area contributed by atoms with Crippen molar-refractivity contribution in [2.75, 3.05) is 0 Å². The zero-order chi connectivity index (χ0) is 9.30. The Bertz CT molecular complexity index is 308. The quantitative estimate of drug-likeness (QED) is 0.838. The number of carboxylic acids is 1. The molecule has 1 atom stereocenters. The van der Waals surface area contributed by atoms with Gasteiger partial charge >= 0.3 is 5.97 Å². The molecule has 12 heavy (non-hydrogen) atoms. The molecule has 0 aliphatic rings. The van der Waals surface area contributed by atoms with Crippen molar-refractivity contribution in [3.63, 3.8) is 0 Å². The van der Waals surface area contributed by atoms with Crippen molar-refractivity contribution in [2.45, 2.75) is 12.8 Å². The third kappa shape index (κ3) is 1.91. The topological polar surface area (TPSA) is 37.3 Å². The first-order valence-corrected chi connectivity index (χ1v) is 4.77. The molecule has 1 aromatic heterocycles. The molecular formula is C7H6Cl2O2S. The summed E-state index contributed by atoms with van der Waals surface area (Å²) >= 11 is 12.6. The molecule has 0 amide bonds. The van der Waals surface area contributed by atoms with Crippen molar-refractivity contribution < 1.29 is 9.90 Å². The Morgan fingerprint density at radius 1 is 1.67 bits per heavy atom. The number of hydrogen-bond acceptors (Lipinski definition) is 2. The molecule has 0 spiro atoms. The summed E-state index contributed by atoms with van der Waals surface area (Å²) in [5.41, 5.74) is 0.583. The maximum Gasteiger partial charge on any atom is 0.310 e. The Hall–Kier alpha value is -0.250. The molecule has 1 aromatic rings. The fourth-order valence-electron chi connectivity index (χ4n) is 0.781. The normalized spacial score (nSPS) is 12.9. The summed E-state index contributed by atoms with van der Waals surface area (Å²) < 4.78 is 0.970. The van der Waals surface area contributed by atoms with Gasteiger partial charge in [0, 0.05) is 0 Å². The van der Waals surface area contributed by atoms with E-state index in [1.54, 1.807) is 13.0 Å². The van der Waals surface area contributed by atoms with Crippen molar-refractivity contribution in [3.05, 3.63) is 20.3 Å². The predicted octanol–water partition coefficient (Wildman–Crippen LogP) is 3.24. The smallest absolute Gasteiger partial charge is 0.310 e. The molecule has 0 bridgehead atoms. The Morgan fingerprint density at radius 2 is 2.25 bits per heavy atom. The summed E-state index contributed by atoms with van der Waals surface area (Å²) in [6.07, 6.45) is 0. The molecule has 66 valence electrons. The number of hydrogen-bond donors (Lipinski definition) is 1. The molecule has 2 nitrogen and oxygen atoms in total. The highest BCUT2D eigenvalue weighted by molar-refractivity contribution is 7.20. The van der Waals surface area contributed by atoms with Crippen molar-refractivity contribution in [2.24, 2.45) is 0 Å². The second-order valence-corrected chi connectivity index (χ2v) is 4.63. The predicted molar refractivity (Wildman–Crippen MR) is 50.4 cm³/mol. The highest BCUT2D eigenvalue weighted by Gasteiger charge is 2.18. The molecular weight excluding hydrogens is 219 g/mol. The summed E-state index contributed by atoms with van der Waals surface area (Å²) in [7, 11) is 0. The summed E-state index contributed by atoms with van der Waals surface area (Å²) in [4.78, 5) is 10.6. The van der Waals surface area contributed by atoms with Gasteiger partial charge in [0.25, 0.3) is 0 Å². The highest BCUT2D eigenvalue weighted by Crippen LogP contribution is 2.35. The van der Waals surface area contributed by atoms with Crippen LogP contribution in [-0.4, -0.2) is 11.1 Å². The van der Waals surface area contributed by atoms with E-state index >= 15 is 0 Å². The molecule has 1 unspecified atom stereocenters. The number of thiophene rings is 1. The Kier molecular flexibility index (Phi) is 2.99. The zero-order valence-electron chi connectivity index (χ0n) is 6.17. The molecule has 1 N–H and O–H groups in total. The van der Waals surface area contributed by atoms with Crippen LogP contribution in [0.15, 0.2) is 6.07 Å². The molecule has 0 saturated carbocycles. The third-order valence-electron chi connectivity index (χ3n) is 1.52. The van der Waals surface area contributed by atoms with Gasteiger partial charge in [-0.3, -0.25) is 4.79 Å². The van der Waals surface area contributed by atoms with E-state index in [-0.39, 0.29) is 0 Å². The largest absolute Gasteiger partial charge is 0.481 e. The SMILES string of the molecule is CC(C(=O)O)c1cc(Cl)sc1Cl. The van der Waals surface area contributed by atoms with Crippen LogP contribution in [0.4, 0.5) is 0 Å². The Balaban J connectivity index is 3.02. The van der Waals surface area contributed by atoms with Crippen molar-refractivity contribution in [1.82, 2.24) is 0 Å². The van der Waals surface area contributed by atoms with Gasteiger partial charge < -0.3 is 5.11 Å². The molecule has 5 heteroatoms. The van der Waals surface area contributed by atoms with Crippen LogP contribution in [0.5, 0.6) is 0 Å². The monoisotopic (exact) mass is 224 g/mol. The van der Waals surface area contributed by atoms with Crippen LogP contribution < -0.4 is 0 Å². The number of carbonyl (C=O) groups is 1. The van der Waals surface area contributed by atoms with E-state index in [0.29, 0.717) is 14.2 Å². The van der Waals surface area contributed by atoms with Gasteiger partial charge in [0.15, 0.2) is 0 Å². The average Bonchev–Trinajstić information content (AvgIpc) is 2.28. The maximum atomic E-state index is 10.6. The minimum atomic E-state index is -0.897. The number of aliphatic carboxylic acids is 1. The fourth-order valence-corrected chi connectivity index (χ4v) is 2.43. The molecule has 0 fully saturated rings. The molecule has 1 heterocycles. The lowest BCUT2D eigenvalue weighted by Gasteiger charge is -2.02. The molecule has 0 aliphatic carbocycles. The Labute approximate surface area is 83.7 Å². The standard InChI is InChI=1S/C7H6Cl2O2S/c1-3(7(10)11)4-2-5(8)12-6(4)9/h2-3H,1H3,(H,10,11). The molecule has 1 rings (SSSR count). The second kappa shape index (κ2) is 3.64. The fraction of sp³-hybridized carbons (Fsp3) is 0.286. The van der Waals surface area contributed by atoms with Crippen LogP contribution in [0.3, 0.4) is 0 Å².